The summed E-state index contributed by atoms with van der Waals surface area (Å²) < 4.78 is 16.2. The van der Waals surface area contributed by atoms with Crippen LogP contribution < -0.4 is 0 Å². The van der Waals surface area contributed by atoms with E-state index in [0.717, 1.165) is 10.2 Å². The van der Waals surface area contributed by atoms with Gasteiger partial charge in [0.05, 0.1) is 12.2 Å². The zero-order valence-electron chi connectivity index (χ0n) is 7.53. The van der Waals surface area contributed by atoms with E-state index < -0.39 is 9.73 Å². The van der Waals surface area contributed by atoms with E-state index >= 15 is 0 Å². The second kappa shape index (κ2) is 4.19. The Balaban J connectivity index is 2.82. The molecule has 0 unspecified atom stereocenters. The van der Waals surface area contributed by atoms with Crippen LogP contribution in [0.2, 0.25) is 0 Å². The first-order chi connectivity index (χ1) is 5.97. The van der Waals surface area contributed by atoms with E-state index in [-0.39, 0.29) is 0 Å². The zero-order chi connectivity index (χ0) is 9.90. The summed E-state index contributed by atoms with van der Waals surface area (Å²) in [4.78, 5) is 4.09. The lowest BCUT2D eigenvalue weighted by Crippen LogP contribution is -1.94. The van der Waals surface area contributed by atoms with Crippen LogP contribution in [0.3, 0.4) is 0 Å². The molecule has 1 rings (SSSR count). The summed E-state index contributed by atoms with van der Waals surface area (Å²) >= 11 is 3.33. The number of rotatable bonds is 2. The number of hydrogen-bond acceptors (Lipinski definition) is 3. The second-order valence-electron chi connectivity index (χ2n) is 2.93. The molecule has 3 nitrogen and oxygen atoms in total. The lowest BCUT2D eigenvalue weighted by atomic mass is 10.4. The van der Waals surface area contributed by atoms with Crippen molar-refractivity contribution in [1.29, 1.82) is 0 Å². The Bertz CT molecular complexity index is 402. The molecular formula is C8H11BrN2OS. The third-order valence-electron chi connectivity index (χ3n) is 1.32. The van der Waals surface area contributed by atoms with Crippen LogP contribution in [0.4, 0.5) is 0 Å². The van der Waals surface area contributed by atoms with Crippen LogP contribution in [0.15, 0.2) is 27.2 Å². The van der Waals surface area contributed by atoms with Crippen LogP contribution in [0, 0.1) is 0 Å². The molecule has 0 spiro atoms. The van der Waals surface area contributed by atoms with Gasteiger partial charge in [0.1, 0.15) is 0 Å². The highest BCUT2D eigenvalue weighted by Crippen LogP contribution is 2.10. The largest absolute Gasteiger partial charge is 0.259 e. The van der Waals surface area contributed by atoms with Crippen LogP contribution in [0.25, 0.3) is 0 Å². The molecule has 13 heavy (non-hydrogen) atoms. The van der Waals surface area contributed by atoms with Crippen LogP contribution in [0.5, 0.6) is 0 Å². The molecule has 0 saturated carbocycles. The summed E-state index contributed by atoms with van der Waals surface area (Å²) in [5.41, 5.74) is 0.825. The second-order valence-corrected chi connectivity index (χ2v) is 6.47. The van der Waals surface area contributed by atoms with E-state index in [2.05, 4.69) is 25.3 Å². The number of pyridine rings is 1. The molecule has 1 aromatic heterocycles. The van der Waals surface area contributed by atoms with E-state index in [1.807, 2.05) is 12.1 Å². The minimum absolute atomic E-state index is 0.408. The van der Waals surface area contributed by atoms with Crippen LogP contribution >= 0.6 is 15.9 Å². The molecule has 0 saturated heterocycles. The van der Waals surface area contributed by atoms with Gasteiger partial charge in [-0.15, -0.1) is 0 Å². The Labute approximate surface area is 86.9 Å². The summed E-state index contributed by atoms with van der Waals surface area (Å²) in [6, 6.07) is 3.72. The summed E-state index contributed by atoms with van der Waals surface area (Å²) in [6.07, 6.45) is 4.93. The van der Waals surface area contributed by atoms with Gasteiger partial charge in [0.15, 0.2) is 0 Å². The standard InChI is InChI=1S/C8H11BrN2OS/c1-13(2,12)11-6-8-5-7(9)3-4-10-8/h3-5H,6H2,1-2H3. The summed E-state index contributed by atoms with van der Waals surface area (Å²) in [5.74, 6) is 0. The first kappa shape index (κ1) is 10.7. The fourth-order valence-corrected chi connectivity index (χ4v) is 1.58. The van der Waals surface area contributed by atoms with Crippen molar-refractivity contribution >= 4 is 25.7 Å². The van der Waals surface area contributed by atoms with Crippen molar-refractivity contribution in [2.24, 2.45) is 4.36 Å². The molecule has 1 heterocycles. The van der Waals surface area contributed by atoms with Gasteiger partial charge in [0.2, 0.25) is 0 Å². The van der Waals surface area contributed by atoms with Crippen molar-refractivity contribution in [3.05, 3.63) is 28.5 Å². The molecule has 0 aliphatic carbocycles. The van der Waals surface area contributed by atoms with E-state index in [4.69, 9.17) is 0 Å². The van der Waals surface area contributed by atoms with Crippen molar-refractivity contribution in [2.75, 3.05) is 12.5 Å². The lowest BCUT2D eigenvalue weighted by molar-refractivity contribution is 0.682. The van der Waals surface area contributed by atoms with Crippen LogP contribution in [-0.4, -0.2) is 21.7 Å². The van der Waals surface area contributed by atoms with Crippen molar-refractivity contribution in [2.45, 2.75) is 6.54 Å². The molecule has 0 atom stereocenters. The molecule has 0 fully saturated rings. The average molecular weight is 263 g/mol. The van der Waals surface area contributed by atoms with Crippen molar-refractivity contribution in [3.8, 4) is 0 Å². The van der Waals surface area contributed by atoms with E-state index in [0.29, 0.717) is 6.54 Å². The first-order valence-corrected chi connectivity index (χ1v) is 6.83. The smallest absolute Gasteiger partial charge is 0.0906 e. The van der Waals surface area contributed by atoms with Gasteiger partial charge in [-0.2, -0.15) is 0 Å². The lowest BCUT2D eigenvalue weighted by Gasteiger charge is -1.97. The van der Waals surface area contributed by atoms with Gasteiger partial charge in [0, 0.05) is 32.9 Å². The van der Waals surface area contributed by atoms with Crippen LogP contribution in [0.1, 0.15) is 5.69 Å². The Morgan fingerprint density at radius 3 is 2.85 bits per heavy atom. The third kappa shape index (κ3) is 4.38. The molecule has 0 radical (unpaired) electrons. The van der Waals surface area contributed by atoms with Gasteiger partial charge >= 0.3 is 0 Å². The van der Waals surface area contributed by atoms with Gasteiger partial charge in [-0.1, -0.05) is 15.9 Å². The van der Waals surface area contributed by atoms with E-state index in [9.17, 15) is 4.21 Å². The van der Waals surface area contributed by atoms with Gasteiger partial charge in [0.25, 0.3) is 0 Å². The maximum Gasteiger partial charge on any atom is 0.0906 e. The van der Waals surface area contributed by atoms with Gasteiger partial charge < -0.3 is 0 Å². The first-order valence-electron chi connectivity index (χ1n) is 3.71. The normalized spacial score (nSPS) is 11.3. The fraction of sp³-hybridized carbons (Fsp3) is 0.375. The molecule has 0 bridgehead atoms. The van der Waals surface area contributed by atoms with E-state index in [1.165, 1.54) is 0 Å². The number of nitrogens with zero attached hydrogens (tertiary/aromatic N) is 2. The predicted molar refractivity (Wildman–Crippen MR) is 58.1 cm³/mol. The predicted octanol–water partition coefficient (Wildman–Crippen LogP) is 2.07. The maximum absolute atomic E-state index is 11.2. The molecule has 72 valence electrons. The third-order valence-corrected chi connectivity index (χ3v) is 2.56. The van der Waals surface area contributed by atoms with Crippen LogP contribution in [-0.2, 0) is 16.3 Å². The minimum Gasteiger partial charge on any atom is -0.259 e. The molecular weight excluding hydrogens is 252 g/mol. The number of halogens is 1. The number of hydrogen-bond donors (Lipinski definition) is 0. The SMILES string of the molecule is CS(C)(=O)=NCc1cc(Br)ccn1. The Kier molecular flexibility index (Phi) is 3.44. The molecule has 0 amide bonds. The molecule has 5 heteroatoms. The highest BCUT2D eigenvalue weighted by molar-refractivity contribution is 9.10. The zero-order valence-corrected chi connectivity index (χ0v) is 9.93. The highest BCUT2D eigenvalue weighted by atomic mass is 79.9. The Morgan fingerprint density at radius 1 is 1.62 bits per heavy atom. The topological polar surface area (TPSA) is 42.3 Å². The summed E-state index contributed by atoms with van der Waals surface area (Å²) in [6.45, 7) is 0.408. The Morgan fingerprint density at radius 2 is 2.31 bits per heavy atom. The van der Waals surface area contributed by atoms with Gasteiger partial charge in [-0.3, -0.25) is 9.19 Å². The van der Waals surface area contributed by atoms with Gasteiger partial charge in [-0.25, -0.2) is 4.36 Å². The molecule has 1 aromatic rings. The average Bonchev–Trinajstić information content (AvgIpc) is 2.00. The van der Waals surface area contributed by atoms with Gasteiger partial charge in [-0.05, 0) is 12.1 Å². The fourth-order valence-electron chi connectivity index (χ4n) is 0.757. The molecule has 0 N–H and O–H groups in total. The summed E-state index contributed by atoms with van der Waals surface area (Å²) in [7, 11) is -2.02. The monoisotopic (exact) mass is 262 g/mol. The minimum atomic E-state index is -2.02. The maximum atomic E-state index is 11.2. The highest BCUT2D eigenvalue weighted by Gasteiger charge is 1.95. The molecule has 0 aliphatic rings. The molecule has 0 aromatic carbocycles. The van der Waals surface area contributed by atoms with E-state index in [1.54, 1.807) is 18.7 Å². The van der Waals surface area contributed by atoms with Crippen molar-refractivity contribution in [3.63, 3.8) is 0 Å². The van der Waals surface area contributed by atoms with Crippen molar-refractivity contribution < 1.29 is 4.21 Å². The summed E-state index contributed by atoms with van der Waals surface area (Å²) in [5, 5.41) is 0. The molecule has 0 aliphatic heterocycles. The van der Waals surface area contributed by atoms with Crippen molar-refractivity contribution in [1.82, 2.24) is 4.98 Å². The Hall–Kier alpha value is -0.420. The quantitative estimate of drug-likeness (QED) is 0.819. The number of aromatic nitrogens is 1.